The van der Waals surface area contributed by atoms with Crippen molar-refractivity contribution < 1.29 is 9.18 Å². The van der Waals surface area contributed by atoms with Gasteiger partial charge < -0.3 is 4.90 Å². The van der Waals surface area contributed by atoms with Crippen LogP contribution in [0, 0.1) is 5.82 Å². The van der Waals surface area contributed by atoms with Gasteiger partial charge in [-0.3, -0.25) is 10.2 Å². The molecule has 5 heteroatoms. The van der Waals surface area contributed by atoms with Crippen molar-refractivity contribution in [1.82, 2.24) is 5.43 Å². The Morgan fingerprint density at radius 2 is 2.00 bits per heavy atom. The fourth-order valence-electron chi connectivity index (χ4n) is 3.30. The maximum absolute atomic E-state index is 13.6. The first-order valence-electron chi connectivity index (χ1n) is 6.92. The van der Waals surface area contributed by atoms with E-state index in [9.17, 15) is 9.18 Å². The number of carbonyl (C=O) groups excluding carboxylic acids is 1. The second-order valence-electron chi connectivity index (χ2n) is 6.51. The van der Waals surface area contributed by atoms with Gasteiger partial charge in [-0.1, -0.05) is 6.08 Å². The first kappa shape index (κ1) is 15.5. The number of amides is 1. The van der Waals surface area contributed by atoms with Gasteiger partial charge in [-0.2, -0.15) is 0 Å². The SMILES string of the molecule is CC1=CC(C)(C)N(C(C)(C)C(=O)NN)c2ccc(F)cc21. The van der Waals surface area contributed by atoms with E-state index in [0.717, 1.165) is 16.8 Å². The molecule has 0 saturated heterocycles. The molecule has 0 fully saturated rings. The lowest BCUT2D eigenvalue weighted by Crippen LogP contribution is -2.63. The van der Waals surface area contributed by atoms with Crippen molar-refractivity contribution in [2.45, 2.75) is 45.7 Å². The number of allylic oxidation sites excluding steroid dienone is 1. The van der Waals surface area contributed by atoms with Crippen LogP contribution in [0.4, 0.5) is 10.1 Å². The quantitative estimate of drug-likeness (QED) is 0.500. The summed E-state index contributed by atoms with van der Waals surface area (Å²) in [6.07, 6.45) is 2.04. The van der Waals surface area contributed by atoms with Crippen LogP contribution in [-0.2, 0) is 4.79 Å². The first-order valence-corrected chi connectivity index (χ1v) is 6.92. The number of halogens is 1. The van der Waals surface area contributed by atoms with Crippen LogP contribution in [0.1, 0.15) is 40.2 Å². The summed E-state index contributed by atoms with van der Waals surface area (Å²) in [5.41, 5.74) is 3.57. The third-order valence-corrected chi connectivity index (χ3v) is 4.02. The number of hydrogen-bond acceptors (Lipinski definition) is 3. The number of hydrogen-bond donors (Lipinski definition) is 2. The van der Waals surface area contributed by atoms with Gasteiger partial charge in [0.2, 0.25) is 0 Å². The van der Waals surface area contributed by atoms with Gasteiger partial charge in [0, 0.05) is 11.3 Å². The van der Waals surface area contributed by atoms with E-state index in [1.165, 1.54) is 12.1 Å². The fourth-order valence-corrected chi connectivity index (χ4v) is 3.30. The molecule has 1 aliphatic heterocycles. The molecule has 1 aliphatic rings. The number of benzene rings is 1. The number of rotatable bonds is 2. The van der Waals surface area contributed by atoms with Crippen molar-refractivity contribution in [2.75, 3.05) is 4.90 Å². The molecule has 1 aromatic carbocycles. The van der Waals surface area contributed by atoms with Crippen LogP contribution in [0.15, 0.2) is 24.3 Å². The lowest BCUT2D eigenvalue weighted by atomic mass is 9.83. The summed E-state index contributed by atoms with van der Waals surface area (Å²) in [4.78, 5) is 14.2. The van der Waals surface area contributed by atoms with E-state index in [-0.39, 0.29) is 11.7 Å². The molecule has 0 atom stereocenters. The molecule has 1 heterocycles. The third kappa shape index (κ3) is 2.42. The standard InChI is InChI=1S/C16H22FN3O/c1-10-9-15(2,3)20(16(4,5)14(21)19-18)13-7-6-11(17)8-12(10)13/h6-9H,18H2,1-5H3,(H,19,21). The fraction of sp³-hybridized carbons (Fsp3) is 0.438. The van der Waals surface area contributed by atoms with E-state index >= 15 is 0 Å². The molecule has 114 valence electrons. The monoisotopic (exact) mass is 291 g/mol. The van der Waals surface area contributed by atoms with Gasteiger partial charge in [0.05, 0.1) is 5.54 Å². The Hall–Kier alpha value is -1.88. The highest BCUT2D eigenvalue weighted by molar-refractivity contribution is 5.92. The van der Waals surface area contributed by atoms with Crippen LogP contribution < -0.4 is 16.2 Å². The molecule has 1 aromatic rings. The summed E-state index contributed by atoms with van der Waals surface area (Å²) in [7, 11) is 0. The van der Waals surface area contributed by atoms with Crippen molar-refractivity contribution in [1.29, 1.82) is 0 Å². The Kier molecular flexibility index (Phi) is 3.58. The topological polar surface area (TPSA) is 58.4 Å². The van der Waals surface area contributed by atoms with E-state index < -0.39 is 11.1 Å². The number of nitrogens with zero attached hydrogens (tertiary/aromatic N) is 1. The van der Waals surface area contributed by atoms with Crippen LogP contribution in [-0.4, -0.2) is 17.0 Å². The summed E-state index contributed by atoms with van der Waals surface area (Å²) in [6, 6.07) is 4.63. The minimum atomic E-state index is -0.873. The van der Waals surface area contributed by atoms with Gasteiger partial charge in [-0.05, 0) is 58.4 Å². The Balaban J connectivity index is 2.68. The van der Waals surface area contributed by atoms with E-state index in [2.05, 4.69) is 5.43 Å². The number of anilines is 1. The van der Waals surface area contributed by atoms with Crippen LogP contribution in [0.3, 0.4) is 0 Å². The molecule has 0 saturated carbocycles. The molecule has 3 N–H and O–H groups in total. The maximum atomic E-state index is 13.6. The van der Waals surface area contributed by atoms with Crippen LogP contribution in [0.2, 0.25) is 0 Å². The predicted octanol–water partition coefficient (Wildman–Crippen LogP) is 2.60. The molecule has 4 nitrogen and oxygen atoms in total. The summed E-state index contributed by atoms with van der Waals surface area (Å²) < 4.78 is 13.6. The number of nitrogens with two attached hydrogens (primary N) is 1. The molecule has 0 aliphatic carbocycles. The number of nitrogens with one attached hydrogen (secondary N) is 1. The Morgan fingerprint density at radius 1 is 1.38 bits per heavy atom. The van der Waals surface area contributed by atoms with Crippen LogP contribution in [0.5, 0.6) is 0 Å². The van der Waals surface area contributed by atoms with Crippen molar-refractivity contribution in [3.8, 4) is 0 Å². The second-order valence-corrected chi connectivity index (χ2v) is 6.51. The van der Waals surface area contributed by atoms with Crippen molar-refractivity contribution in [3.05, 3.63) is 35.7 Å². The summed E-state index contributed by atoms with van der Waals surface area (Å²) in [5.74, 6) is 4.74. The van der Waals surface area contributed by atoms with E-state index in [4.69, 9.17) is 5.84 Å². The minimum absolute atomic E-state index is 0.290. The minimum Gasteiger partial charge on any atom is -0.348 e. The predicted molar refractivity (Wildman–Crippen MR) is 83.0 cm³/mol. The molecular formula is C16H22FN3O. The van der Waals surface area contributed by atoms with Crippen molar-refractivity contribution in [3.63, 3.8) is 0 Å². The Morgan fingerprint density at radius 3 is 2.57 bits per heavy atom. The summed E-state index contributed by atoms with van der Waals surface area (Å²) in [5, 5.41) is 0. The Labute approximate surface area is 124 Å². The van der Waals surface area contributed by atoms with Crippen molar-refractivity contribution in [2.24, 2.45) is 5.84 Å². The lowest BCUT2D eigenvalue weighted by Gasteiger charge is -2.51. The normalized spacial score (nSPS) is 17.1. The zero-order valence-corrected chi connectivity index (χ0v) is 13.1. The lowest BCUT2D eigenvalue weighted by molar-refractivity contribution is -0.125. The van der Waals surface area contributed by atoms with Gasteiger partial charge in [0.15, 0.2) is 0 Å². The highest BCUT2D eigenvalue weighted by Gasteiger charge is 2.44. The van der Waals surface area contributed by atoms with Crippen LogP contribution >= 0.6 is 0 Å². The van der Waals surface area contributed by atoms with Gasteiger partial charge in [0.25, 0.3) is 5.91 Å². The largest absolute Gasteiger partial charge is 0.348 e. The van der Waals surface area contributed by atoms with E-state index in [1.807, 2.05) is 31.7 Å². The molecule has 2 rings (SSSR count). The first-order chi connectivity index (χ1) is 9.61. The molecule has 0 bridgehead atoms. The average molecular weight is 291 g/mol. The number of fused-ring (bicyclic) bond motifs is 1. The molecule has 0 aromatic heterocycles. The number of carbonyl (C=O) groups is 1. The van der Waals surface area contributed by atoms with Gasteiger partial charge in [-0.15, -0.1) is 0 Å². The summed E-state index contributed by atoms with van der Waals surface area (Å²) in [6.45, 7) is 9.60. The van der Waals surface area contributed by atoms with Gasteiger partial charge in [0.1, 0.15) is 11.4 Å². The molecular weight excluding hydrogens is 269 g/mol. The van der Waals surface area contributed by atoms with Crippen LogP contribution in [0.25, 0.3) is 5.57 Å². The molecule has 21 heavy (non-hydrogen) atoms. The van der Waals surface area contributed by atoms with Gasteiger partial charge in [-0.25, -0.2) is 10.2 Å². The van der Waals surface area contributed by atoms with Crippen molar-refractivity contribution >= 4 is 17.2 Å². The van der Waals surface area contributed by atoms with E-state index in [0.29, 0.717) is 0 Å². The Bertz CT molecular complexity index is 620. The van der Waals surface area contributed by atoms with Gasteiger partial charge >= 0.3 is 0 Å². The molecule has 1 amide bonds. The molecule has 0 spiro atoms. The zero-order chi connectivity index (χ0) is 16.0. The zero-order valence-electron chi connectivity index (χ0n) is 13.1. The summed E-state index contributed by atoms with van der Waals surface area (Å²) >= 11 is 0. The molecule has 0 radical (unpaired) electrons. The second kappa shape index (κ2) is 4.84. The smallest absolute Gasteiger partial charge is 0.259 e. The van der Waals surface area contributed by atoms with E-state index in [1.54, 1.807) is 19.9 Å². The highest BCUT2D eigenvalue weighted by atomic mass is 19.1. The molecule has 0 unspecified atom stereocenters. The highest BCUT2D eigenvalue weighted by Crippen LogP contribution is 2.43. The third-order valence-electron chi connectivity index (χ3n) is 4.02. The maximum Gasteiger partial charge on any atom is 0.259 e. The number of hydrazine groups is 1. The average Bonchev–Trinajstić information content (AvgIpc) is 2.37.